The third kappa shape index (κ3) is 1.47. The molecule has 0 radical (unpaired) electrons. The van der Waals surface area contributed by atoms with Gasteiger partial charge in [0.1, 0.15) is 5.82 Å². The largest absolute Gasteiger partial charge is 0.364 e. The molecule has 1 aliphatic heterocycles. The molecular weight excluding hydrogens is 200 g/mol. The number of nitrogens with zero attached hydrogens (tertiary/aromatic N) is 1. The molecule has 0 aromatic carbocycles. The molecule has 2 N–H and O–H groups in total. The summed E-state index contributed by atoms with van der Waals surface area (Å²) in [4.78, 5) is 3.70. The number of pyridine rings is 1. The molecule has 2 atom stereocenters. The van der Waals surface area contributed by atoms with E-state index in [1.54, 1.807) is 0 Å². The second-order valence-electron chi connectivity index (χ2n) is 4.14. The summed E-state index contributed by atoms with van der Waals surface area (Å²) in [6.45, 7) is 1.95. The van der Waals surface area contributed by atoms with E-state index in [1.165, 1.54) is 0 Å². The maximum absolute atomic E-state index is 13.2. The first kappa shape index (κ1) is 9.03. The van der Waals surface area contributed by atoms with Crippen LogP contribution in [-0.4, -0.2) is 24.1 Å². The van der Waals surface area contributed by atoms with Crippen molar-refractivity contribution < 1.29 is 8.78 Å². The molecule has 5 heteroatoms. The van der Waals surface area contributed by atoms with E-state index in [2.05, 4.69) is 15.6 Å². The summed E-state index contributed by atoms with van der Waals surface area (Å²) in [6, 6.07) is 1.16. The van der Waals surface area contributed by atoms with Crippen molar-refractivity contribution >= 4 is 5.82 Å². The lowest BCUT2D eigenvalue weighted by Gasteiger charge is -2.08. The number of piperidine rings is 1. The van der Waals surface area contributed by atoms with Gasteiger partial charge >= 0.3 is 0 Å². The molecule has 1 aliphatic carbocycles. The number of hydrogen-bond donors (Lipinski definition) is 2. The van der Waals surface area contributed by atoms with Gasteiger partial charge in [-0.15, -0.1) is 0 Å². The van der Waals surface area contributed by atoms with Gasteiger partial charge in [-0.1, -0.05) is 0 Å². The van der Waals surface area contributed by atoms with Crippen LogP contribution in [0.5, 0.6) is 0 Å². The molecular formula is C10H11F2N3. The summed E-state index contributed by atoms with van der Waals surface area (Å²) < 4.78 is 25.8. The minimum atomic E-state index is -0.643. The van der Waals surface area contributed by atoms with Crippen molar-refractivity contribution in [3.63, 3.8) is 0 Å². The average Bonchev–Trinajstić information content (AvgIpc) is 2.66. The minimum Gasteiger partial charge on any atom is -0.364 e. The van der Waals surface area contributed by atoms with Gasteiger partial charge in [-0.3, -0.25) is 0 Å². The molecule has 0 bridgehead atoms. The van der Waals surface area contributed by atoms with Gasteiger partial charge in [0, 0.05) is 25.2 Å². The maximum Gasteiger partial charge on any atom is 0.168 e. The van der Waals surface area contributed by atoms with Gasteiger partial charge in [-0.25, -0.2) is 13.8 Å². The van der Waals surface area contributed by atoms with Crippen LogP contribution < -0.4 is 10.6 Å². The van der Waals surface area contributed by atoms with E-state index in [0.717, 1.165) is 25.4 Å². The van der Waals surface area contributed by atoms with Crippen LogP contribution in [0.4, 0.5) is 14.6 Å². The quantitative estimate of drug-likeness (QED) is 0.766. The first-order valence-electron chi connectivity index (χ1n) is 5.04. The van der Waals surface area contributed by atoms with Crippen LogP contribution in [0.2, 0.25) is 0 Å². The van der Waals surface area contributed by atoms with Crippen LogP contribution in [0.25, 0.3) is 0 Å². The van der Waals surface area contributed by atoms with Crippen LogP contribution in [0, 0.1) is 23.5 Å². The normalized spacial score (nSPS) is 32.5. The summed E-state index contributed by atoms with van der Waals surface area (Å²) in [6.07, 6.45) is 1.03. The van der Waals surface area contributed by atoms with Crippen molar-refractivity contribution in [2.24, 2.45) is 11.8 Å². The van der Waals surface area contributed by atoms with Crippen molar-refractivity contribution in [2.75, 3.05) is 18.4 Å². The molecule has 2 heterocycles. The highest BCUT2D eigenvalue weighted by atomic mass is 19.1. The summed E-state index contributed by atoms with van der Waals surface area (Å²) in [7, 11) is 0. The molecule has 2 aliphatic rings. The van der Waals surface area contributed by atoms with Crippen LogP contribution >= 0.6 is 0 Å². The first-order valence-corrected chi connectivity index (χ1v) is 5.04. The molecule has 2 unspecified atom stereocenters. The summed E-state index contributed by atoms with van der Waals surface area (Å²) in [5.74, 6) is 0.0620. The van der Waals surface area contributed by atoms with E-state index in [1.807, 2.05) is 0 Å². The number of rotatable bonds is 2. The van der Waals surface area contributed by atoms with E-state index in [0.29, 0.717) is 17.9 Å². The number of nitrogens with one attached hydrogen (secondary N) is 2. The molecule has 1 aromatic heterocycles. The third-order valence-corrected chi connectivity index (χ3v) is 3.20. The number of hydrogen-bond acceptors (Lipinski definition) is 3. The van der Waals surface area contributed by atoms with Gasteiger partial charge in [0.05, 0.1) is 6.20 Å². The highest BCUT2D eigenvalue weighted by molar-refractivity contribution is 5.40. The van der Waals surface area contributed by atoms with Crippen molar-refractivity contribution in [1.29, 1.82) is 0 Å². The maximum atomic E-state index is 13.2. The third-order valence-electron chi connectivity index (χ3n) is 3.20. The van der Waals surface area contributed by atoms with E-state index in [4.69, 9.17) is 0 Å². The smallest absolute Gasteiger partial charge is 0.168 e. The number of anilines is 1. The molecule has 0 spiro atoms. The lowest BCUT2D eigenvalue weighted by Crippen LogP contribution is -2.22. The summed E-state index contributed by atoms with van der Waals surface area (Å²) in [5.41, 5.74) is 0. The Balaban J connectivity index is 1.72. The SMILES string of the molecule is Fc1cnc(NC2C3CNCC32)c(F)c1. The Morgan fingerprint density at radius 3 is 2.73 bits per heavy atom. The molecule has 1 saturated heterocycles. The Bertz CT molecular complexity index is 386. The summed E-state index contributed by atoms with van der Waals surface area (Å²) >= 11 is 0. The predicted molar refractivity (Wildman–Crippen MR) is 51.4 cm³/mol. The zero-order valence-electron chi connectivity index (χ0n) is 8.00. The van der Waals surface area contributed by atoms with Gasteiger partial charge in [-0.05, 0) is 11.8 Å². The van der Waals surface area contributed by atoms with Crippen LogP contribution in [0.3, 0.4) is 0 Å². The molecule has 2 fully saturated rings. The molecule has 80 valence electrons. The van der Waals surface area contributed by atoms with E-state index in [9.17, 15) is 8.78 Å². The fraction of sp³-hybridized carbons (Fsp3) is 0.500. The van der Waals surface area contributed by atoms with Crippen LogP contribution in [0.15, 0.2) is 12.3 Å². The highest BCUT2D eigenvalue weighted by Crippen LogP contribution is 2.43. The standard InChI is InChI=1S/C10H11F2N3/c11-5-1-8(12)10(14-2-5)15-9-6-3-13-4-7(6)9/h1-2,6-7,9,13H,3-4H2,(H,14,15). The van der Waals surface area contributed by atoms with Crippen molar-refractivity contribution in [3.05, 3.63) is 23.9 Å². The average molecular weight is 211 g/mol. The Labute approximate surface area is 85.9 Å². The number of aromatic nitrogens is 1. The Hall–Kier alpha value is -1.23. The number of halogens is 2. The highest BCUT2D eigenvalue weighted by Gasteiger charge is 2.53. The molecule has 15 heavy (non-hydrogen) atoms. The molecule has 0 amide bonds. The second kappa shape index (κ2) is 3.13. The molecule has 3 rings (SSSR count). The zero-order valence-corrected chi connectivity index (χ0v) is 8.00. The van der Waals surface area contributed by atoms with Crippen LogP contribution in [-0.2, 0) is 0 Å². The number of fused-ring (bicyclic) bond motifs is 1. The Morgan fingerprint density at radius 2 is 2.07 bits per heavy atom. The lowest BCUT2D eigenvalue weighted by molar-refractivity contribution is 0.573. The topological polar surface area (TPSA) is 37.0 Å². The minimum absolute atomic E-state index is 0.163. The van der Waals surface area contributed by atoms with Crippen molar-refractivity contribution in [3.8, 4) is 0 Å². The van der Waals surface area contributed by atoms with E-state index >= 15 is 0 Å². The fourth-order valence-corrected chi connectivity index (χ4v) is 2.31. The van der Waals surface area contributed by atoms with Crippen LogP contribution in [0.1, 0.15) is 0 Å². The summed E-state index contributed by atoms with van der Waals surface area (Å²) in [5, 5.41) is 6.27. The van der Waals surface area contributed by atoms with E-state index < -0.39 is 11.6 Å². The molecule has 1 saturated carbocycles. The predicted octanol–water partition coefficient (Wildman–Crippen LogP) is 0.989. The van der Waals surface area contributed by atoms with Gasteiger partial charge < -0.3 is 10.6 Å². The van der Waals surface area contributed by atoms with Gasteiger partial charge in [-0.2, -0.15) is 0 Å². The van der Waals surface area contributed by atoms with Crippen molar-refractivity contribution in [1.82, 2.24) is 10.3 Å². The van der Waals surface area contributed by atoms with Gasteiger partial charge in [0.15, 0.2) is 11.6 Å². The Morgan fingerprint density at radius 1 is 1.33 bits per heavy atom. The monoisotopic (exact) mass is 211 g/mol. The van der Waals surface area contributed by atoms with E-state index in [-0.39, 0.29) is 5.82 Å². The first-order chi connectivity index (χ1) is 7.25. The van der Waals surface area contributed by atoms with Gasteiger partial charge in [0.2, 0.25) is 0 Å². The molecule has 3 nitrogen and oxygen atoms in total. The van der Waals surface area contributed by atoms with Gasteiger partial charge in [0.25, 0.3) is 0 Å². The fourth-order valence-electron chi connectivity index (χ4n) is 2.31. The second-order valence-corrected chi connectivity index (χ2v) is 4.14. The van der Waals surface area contributed by atoms with Crippen molar-refractivity contribution in [2.45, 2.75) is 6.04 Å². The molecule has 1 aromatic rings. The Kier molecular flexibility index (Phi) is 1.88. The zero-order chi connectivity index (χ0) is 10.4. The lowest BCUT2D eigenvalue weighted by atomic mass is 10.4.